The number of non-ortho nitro benzene ring substituents is 1. The van der Waals surface area contributed by atoms with E-state index in [0.717, 1.165) is 11.3 Å². The number of fused-ring (bicyclic) bond motifs is 1. The number of nitrogens with one attached hydrogen (secondary N) is 1. The number of hydrogen-bond acceptors (Lipinski definition) is 6. The van der Waals surface area contributed by atoms with Crippen molar-refractivity contribution >= 4 is 11.3 Å². The summed E-state index contributed by atoms with van der Waals surface area (Å²) < 4.78 is 1.33. The van der Waals surface area contributed by atoms with Gasteiger partial charge in [-0.15, -0.1) is 0 Å². The molecule has 0 saturated carbocycles. The Bertz CT molecular complexity index is 1030. The first-order chi connectivity index (χ1) is 12.3. The van der Waals surface area contributed by atoms with Gasteiger partial charge in [-0.2, -0.15) is 9.61 Å². The summed E-state index contributed by atoms with van der Waals surface area (Å²) in [5, 5.41) is 25.6. The molecule has 0 aliphatic rings. The third kappa shape index (κ3) is 3.16. The predicted octanol–water partition coefficient (Wildman–Crippen LogP) is 1.60. The fourth-order valence-electron chi connectivity index (χ4n) is 2.86. The van der Waals surface area contributed by atoms with Crippen LogP contribution in [-0.2, 0) is 13.0 Å². The lowest BCUT2D eigenvalue weighted by Gasteiger charge is -2.10. The van der Waals surface area contributed by atoms with Crippen LogP contribution in [-0.4, -0.2) is 43.6 Å². The summed E-state index contributed by atoms with van der Waals surface area (Å²) in [4.78, 5) is 27.5. The highest BCUT2D eigenvalue weighted by atomic mass is 16.6. The lowest BCUT2D eigenvalue weighted by molar-refractivity contribution is -0.384. The number of H-pyrrole nitrogens is 1. The second-order valence-electron chi connectivity index (χ2n) is 6.42. The fraction of sp³-hybridized carbons (Fsp3) is 0.294. The summed E-state index contributed by atoms with van der Waals surface area (Å²) in [6.45, 7) is 2.39. The Morgan fingerprint density at radius 1 is 1.27 bits per heavy atom. The molecule has 9 heteroatoms. The van der Waals surface area contributed by atoms with Crippen LogP contribution in [0.15, 0.2) is 29.1 Å². The molecule has 2 aromatic heterocycles. The number of benzene rings is 1. The van der Waals surface area contributed by atoms with Crippen LogP contribution in [0.2, 0.25) is 0 Å². The molecule has 26 heavy (non-hydrogen) atoms. The van der Waals surface area contributed by atoms with Crippen molar-refractivity contribution in [2.45, 2.75) is 19.9 Å². The van der Waals surface area contributed by atoms with E-state index in [1.165, 1.54) is 16.6 Å². The molecule has 2 heterocycles. The summed E-state index contributed by atoms with van der Waals surface area (Å²) in [6.07, 6.45) is 0.136. The molecular formula is C17H19N5O4. The zero-order valence-electron chi connectivity index (χ0n) is 14.7. The first kappa shape index (κ1) is 17.6. The van der Waals surface area contributed by atoms with Gasteiger partial charge in [0, 0.05) is 30.7 Å². The minimum absolute atomic E-state index is 0.0293. The highest BCUT2D eigenvalue weighted by Gasteiger charge is 2.19. The number of aromatic nitrogens is 3. The van der Waals surface area contributed by atoms with Crippen molar-refractivity contribution < 1.29 is 10.0 Å². The molecule has 2 N–H and O–H groups in total. The van der Waals surface area contributed by atoms with E-state index < -0.39 is 10.5 Å². The molecule has 0 atom stereocenters. The fourth-order valence-corrected chi connectivity index (χ4v) is 2.86. The van der Waals surface area contributed by atoms with Gasteiger partial charge in [0.15, 0.2) is 0 Å². The van der Waals surface area contributed by atoms with Crippen LogP contribution >= 0.6 is 0 Å². The number of rotatable bonds is 5. The summed E-state index contributed by atoms with van der Waals surface area (Å²) in [7, 11) is 3.81. The van der Waals surface area contributed by atoms with Crippen LogP contribution < -0.4 is 5.56 Å². The first-order valence-electron chi connectivity index (χ1n) is 7.98. The van der Waals surface area contributed by atoms with Gasteiger partial charge in [-0.3, -0.25) is 14.9 Å². The Labute approximate surface area is 148 Å². The smallest absolute Gasteiger partial charge is 0.269 e. The zero-order valence-corrected chi connectivity index (χ0v) is 14.7. The molecule has 0 saturated heterocycles. The molecule has 0 unspecified atom stereocenters. The van der Waals surface area contributed by atoms with E-state index in [4.69, 9.17) is 0 Å². The van der Waals surface area contributed by atoms with Gasteiger partial charge in [0.25, 0.3) is 11.2 Å². The van der Waals surface area contributed by atoms with Crippen LogP contribution in [0.3, 0.4) is 0 Å². The Kier molecular flexibility index (Phi) is 4.47. The molecule has 3 rings (SSSR count). The van der Waals surface area contributed by atoms with Crippen molar-refractivity contribution in [3.05, 3.63) is 67.1 Å². The number of nitro groups is 1. The number of aryl methyl sites for hydroxylation is 1. The van der Waals surface area contributed by atoms with Crippen LogP contribution in [0.5, 0.6) is 5.88 Å². The average Bonchev–Trinajstić information content (AvgIpc) is 2.88. The van der Waals surface area contributed by atoms with Crippen molar-refractivity contribution in [2.24, 2.45) is 0 Å². The number of nitrogens with zero attached hydrogens (tertiary/aromatic N) is 4. The maximum Gasteiger partial charge on any atom is 0.269 e. The molecule has 0 bridgehead atoms. The maximum absolute atomic E-state index is 12.5. The topological polar surface area (TPSA) is 117 Å². The summed E-state index contributed by atoms with van der Waals surface area (Å²) in [5.74, 6) is -0.227. The van der Waals surface area contributed by atoms with E-state index in [2.05, 4.69) is 10.1 Å². The van der Waals surface area contributed by atoms with Gasteiger partial charge in [0.05, 0.1) is 16.2 Å². The van der Waals surface area contributed by atoms with Crippen molar-refractivity contribution in [3.8, 4) is 5.88 Å². The van der Waals surface area contributed by atoms with Crippen LogP contribution in [0.25, 0.3) is 5.65 Å². The molecule has 136 valence electrons. The van der Waals surface area contributed by atoms with E-state index >= 15 is 0 Å². The van der Waals surface area contributed by atoms with Gasteiger partial charge in [-0.1, -0.05) is 12.1 Å². The Balaban J connectivity index is 2.04. The molecular weight excluding hydrogens is 338 g/mol. The first-order valence-corrected chi connectivity index (χ1v) is 7.98. The SMILES string of the molecule is Cc1nn2c(O)c(Cc3ccc([N+](=O)[O-])cc3)c(=O)[nH]c2c1CN(C)C. The maximum atomic E-state index is 12.5. The van der Waals surface area contributed by atoms with Crippen molar-refractivity contribution in [2.75, 3.05) is 14.1 Å². The Hall–Kier alpha value is -3.20. The summed E-state index contributed by atoms with van der Waals surface area (Å²) >= 11 is 0. The molecule has 1 aromatic carbocycles. The van der Waals surface area contributed by atoms with Gasteiger partial charge in [-0.25, -0.2) is 0 Å². The lowest BCUT2D eigenvalue weighted by Crippen LogP contribution is -2.17. The minimum Gasteiger partial charge on any atom is -0.493 e. The van der Waals surface area contributed by atoms with E-state index in [-0.39, 0.29) is 23.6 Å². The van der Waals surface area contributed by atoms with E-state index in [1.54, 1.807) is 12.1 Å². The molecule has 0 aliphatic heterocycles. The third-order valence-electron chi connectivity index (χ3n) is 4.16. The third-order valence-corrected chi connectivity index (χ3v) is 4.16. The van der Waals surface area contributed by atoms with Crippen molar-refractivity contribution in [1.29, 1.82) is 0 Å². The summed E-state index contributed by atoms with van der Waals surface area (Å²) in [5.41, 5.74) is 2.41. The number of aromatic hydroxyl groups is 1. The summed E-state index contributed by atoms with van der Waals surface area (Å²) in [6, 6.07) is 5.86. The highest BCUT2D eigenvalue weighted by Crippen LogP contribution is 2.23. The van der Waals surface area contributed by atoms with E-state index in [1.807, 2.05) is 25.9 Å². The molecule has 0 fully saturated rings. The lowest BCUT2D eigenvalue weighted by atomic mass is 10.1. The standard InChI is InChI=1S/C17H19N5O4/c1-10-14(9-20(2)3)15-18-16(23)13(17(24)21(15)19-10)8-11-4-6-12(7-5-11)22(25)26/h4-7,24H,8-9H2,1-3H3,(H,18,23). The van der Waals surface area contributed by atoms with Crippen LogP contribution in [0.4, 0.5) is 5.69 Å². The van der Waals surface area contributed by atoms with Crippen molar-refractivity contribution in [3.63, 3.8) is 0 Å². The van der Waals surface area contributed by atoms with E-state index in [9.17, 15) is 20.0 Å². The minimum atomic E-state index is -0.487. The number of aromatic amines is 1. The monoisotopic (exact) mass is 357 g/mol. The van der Waals surface area contributed by atoms with Gasteiger partial charge < -0.3 is 15.0 Å². The Morgan fingerprint density at radius 2 is 1.92 bits per heavy atom. The molecule has 0 spiro atoms. The quantitative estimate of drug-likeness (QED) is 0.529. The Morgan fingerprint density at radius 3 is 2.50 bits per heavy atom. The highest BCUT2D eigenvalue weighted by molar-refractivity contribution is 5.53. The molecule has 0 radical (unpaired) electrons. The second kappa shape index (κ2) is 6.60. The van der Waals surface area contributed by atoms with Crippen LogP contribution in [0, 0.1) is 17.0 Å². The second-order valence-corrected chi connectivity index (χ2v) is 6.42. The molecule has 9 nitrogen and oxygen atoms in total. The van der Waals surface area contributed by atoms with Crippen molar-refractivity contribution in [1.82, 2.24) is 19.5 Å². The van der Waals surface area contributed by atoms with Gasteiger partial charge >= 0.3 is 0 Å². The molecule has 0 aliphatic carbocycles. The van der Waals surface area contributed by atoms with Gasteiger partial charge in [0.2, 0.25) is 5.88 Å². The normalized spacial score (nSPS) is 11.4. The van der Waals surface area contributed by atoms with E-state index in [0.29, 0.717) is 17.8 Å². The largest absolute Gasteiger partial charge is 0.493 e. The van der Waals surface area contributed by atoms with Gasteiger partial charge in [-0.05, 0) is 26.6 Å². The zero-order chi connectivity index (χ0) is 19.0. The molecule has 0 amide bonds. The number of nitro benzene ring substituents is 1. The predicted molar refractivity (Wildman–Crippen MR) is 95.5 cm³/mol. The number of hydrogen-bond donors (Lipinski definition) is 2. The van der Waals surface area contributed by atoms with Crippen LogP contribution in [0.1, 0.15) is 22.4 Å². The molecule has 3 aromatic rings. The average molecular weight is 357 g/mol. The van der Waals surface area contributed by atoms with Gasteiger partial charge in [0.1, 0.15) is 5.65 Å².